The first-order chi connectivity index (χ1) is 9.87. The molecule has 0 saturated carbocycles. The Labute approximate surface area is 124 Å². The monoisotopic (exact) mass is 286 g/mol. The summed E-state index contributed by atoms with van der Waals surface area (Å²) < 4.78 is 13.1. The van der Waals surface area contributed by atoms with E-state index in [1.54, 1.807) is 0 Å². The van der Waals surface area contributed by atoms with E-state index in [2.05, 4.69) is 16.4 Å². The van der Waals surface area contributed by atoms with E-state index in [0.29, 0.717) is 6.42 Å². The lowest BCUT2D eigenvalue weighted by Crippen LogP contribution is -2.45. The number of nitrogens with zero attached hydrogens (tertiary/aromatic N) is 1. The molecule has 0 fully saturated rings. The Morgan fingerprint density at radius 3 is 2.67 bits per heavy atom. The van der Waals surface area contributed by atoms with Gasteiger partial charge in [0.15, 0.2) is 0 Å². The largest absolute Gasteiger partial charge is 0.347 e. The zero-order valence-corrected chi connectivity index (χ0v) is 12.5. The zero-order chi connectivity index (χ0) is 15.5. The second-order valence-electron chi connectivity index (χ2n) is 5.81. The molecule has 1 aromatic carbocycles. The van der Waals surface area contributed by atoms with Crippen molar-refractivity contribution < 1.29 is 9.18 Å². The third kappa shape index (κ3) is 4.12. The molecule has 0 bridgehead atoms. The molecule has 0 unspecified atom stereocenters. The van der Waals surface area contributed by atoms with Crippen LogP contribution in [0.5, 0.6) is 0 Å². The molecule has 0 spiro atoms. The molecule has 0 radical (unpaired) electrons. The van der Waals surface area contributed by atoms with Gasteiger partial charge in [0, 0.05) is 23.4 Å². The van der Waals surface area contributed by atoms with E-state index in [-0.39, 0.29) is 11.5 Å². The minimum absolute atomic E-state index is 0.278. The van der Waals surface area contributed by atoms with Crippen LogP contribution in [0.2, 0.25) is 0 Å². The maximum absolute atomic E-state index is 13.1. The second kappa shape index (κ2) is 6.04. The van der Waals surface area contributed by atoms with Crippen LogP contribution in [-0.2, 0) is 6.42 Å². The van der Waals surface area contributed by atoms with Crippen LogP contribution in [0.1, 0.15) is 35.3 Å². The van der Waals surface area contributed by atoms with Gasteiger partial charge in [-0.1, -0.05) is 24.3 Å². The summed E-state index contributed by atoms with van der Waals surface area (Å²) in [5, 5.41) is 2.94. The summed E-state index contributed by atoms with van der Waals surface area (Å²) in [6, 6.07) is 10.7. The number of hydrogen-bond donors (Lipinski definition) is 1. The van der Waals surface area contributed by atoms with Crippen LogP contribution < -0.4 is 5.32 Å². The smallest absolute Gasteiger partial charge is 0.251 e. The van der Waals surface area contributed by atoms with E-state index in [9.17, 15) is 9.18 Å². The summed E-state index contributed by atoms with van der Waals surface area (Å²) in [4.78, 5) is 15.6. The fourth-order valence-corrected chi connectivity index (χ4v) is 2.25. The number of aryl methyl sites for hydroxylation is 1. The molecule has 0 aliphatic rings. The van der Waals surface area contributed by atoms with Crippen LogP contribution in [0.15, 0.2) is 42.6 Å². The lowest BCUT2D eigenvalue weighted by Gasteiger charge is -2.27. The Bertz CT molecular complexity index is 653. The maximum atomic E-state index is 13.1. The second-order valence-corrected chi connectivity index (χ2v) is 5.81. The van der Waals surface area contributed by atoms with Crippen LogP contribution in [-0.4, -0.2) is 16.4 Å². The van der Waals surface area contributed by atoms with Gasteiger partial charge in [-0.3, -0.25) is 4.79 Å². The van der Waals surface area contributed by atoms with Gasteiger partial charge in [0.25, 0.3) is 5.91 Å². The normalized spacial score (nSPS) is 11.2. The van der Waals surface area contributed by atoms with Crippen LogP contribution in [0.3, 0.4) is 0 Å². The summed E-state index contributed by atoms with van der Waals surface area (Å²) in [6.07, 6.45) is 2.00. The Kier molecular flexibility index (Phi) is 4.36. The van der Waals surface area contributed by atoms with E-state index < -0.39 is 11.5 Å². The summed E-state index contributed by atoms with van der Waals surface area (Å²) in [5.74, 6) is -0.950. The van der Waals surface area contributed by atoms with Crippen molar-refractivity contribution in [1.29, 1.82) is 0 Å². The van der Waals surface area contributed by atoms with Gasteiger partial charge >= 0.3 is 0 Å². The van der Waals surface area contributed by atoms with Crippen molar-refractivity contribution in [3.8, 4) is 0 Å². The standard InChI is InChI=1S/C17H19FN2O/c1-12-6-4-5-7-14(12)11-17(2,3)20-16(21)13-8-9-19-15(18)10-13/h4-10H,11H2,1-3H3,(H,20,21). The third-order valence-corrected chi connectivity index (χ3v) is 3.33. The molecular weight excluding hydrogens is 267 g/mol. The number of carbonyl (C=O) groups excluding carboxylic acids is 1. The minimum atomic E-state index is -0.653. The van der Waals surface area contributed by atoms with E-state index in [1.165, 1.54) is 23.4 Å². The molecule has 0 aliphatic heterocycles. The highest BCUT2D eigenvalue weighted by atomic mass is 19.1. The number of carbonyl (C=O) groups is 1. The molecular formula is C17H19FN2O. The molecule has 2 rings (SSSR count). The van der Waals surface area contributed by atoms with Crippen LogP contribution in [0, 0.1) is 12.9 Å². The number of hydrogen-bond acceptors (Lipinski definition) is 2. The average Bonchev–Trinajstić information content (AvgIpc) is 2.40. The predicted molar refractivity (Wildman–Crippen MR) is 80.6 cm³/mol. The van der Waals surface area contributed by atoms with Crippen molar-refractivity contribution in [2.24, 2.45) is 0 Å². The number of rotatable bonds is 4. The van der Waals surface area contributed by atoms with Crippen molar-refractivity contribution >= 4 is 5.91 Å². The molecule has 4 heteroatoms. The first-order valence-corrected chi connectivity index (χ1v) is 6.86. The highest BCUT2D eigenvalue weighted by Crippen LogP contribution is 2.17. The minimum Gasteiger partial charge on any atom is -0.347 e. The predicted octanol–water partition coefficient (Wildman–Crippen LogP) is 3.28. The zero-order valence-electron chi connectivity index (χ0n) is 12.5. The first kappa shape index (κ1) is 15.2. The summed E-state index contributed by atoms with van der Waals surface area (Å²) in [7, 11) is 0. The molecule has 1 N–H and O–H groups in total. The van der Waals surface area contributed by atoms with Crippen molar-refractivity contribution in [3.63, 3.8) is 0 Å². The summed E-state index contributed by atoms with van der Waals surface area (Å²) in [6.45, 7) is 5.95. The highest BCUT2D eigenvalue weighted by Gasteiger charge is 2.22. The van der Waals surface area contributed by atoms with Crippen LogP contribution >= 0.6 is 0 Å². The lowest BCUT2D eigenvalue weighted by atomic mass is 9.92. The molecule has 1 amide bonds. The van der Waals surface area contributed by atoms with Gasteiger partial charge in [-0.25, -0.2) is 4.98 Å². The maximum Gasteiger partial charge on any atom is 0.251 e. The molecule has 21 heavy (non-hydrogen) atoms. The molecule has 2 aromatic rings. The van der Waals surface area contributed by atoms with Gasteiger partial charge < -0.3 is 5.32 Å². The Balaban J connectivity index is 2.10. The van der Waals surface area contributed by atoms with Gasteiger partial charge in [-0.2, -0.15) is 4.39 Å². The van der Waals surface area contributed by atoms with Gasteiger partial charge in [0.05, 0.1) is 0 Å². The van der Waals surface area contributed by atoms with Crippen LogP contribution in [0.4, 0.5) is 4.39 Å². The van der Waals surface area contributed by atoms with Crippen molar-refractivity contribution in [3.05, 3.63) is 65.2 Å². The SMILES string of the molecule is Cc1ccccc1CC(C)(C)NC(=O)c1ccnc(F)c1. The Hall–Kier alpha value is -2.23. The Morgan fingerprint density at radius 2 is 2.00 bits per heavy atom. The number of amides is 1. The highest BCUT2D eigenvalue weighted by molar-refractivity contribution is 5.94. The molecule has 1 heterocycles. The molecule has 0 atom stereocenters. The molecule has 3 nitrogen and oxygen atoms in total. The van der Waals surface area contributed by atoms with Crippen molar-refractivity contribution in [1.82, 2.24) is 10.3 Å². The summed E-state index contributed by atoms with van der Waals surface area (Å²) >= 11 is 0. The topological polar surface area (TPSA) is 42.0 Å². The van der Waals surface area contributed by atoms with Gasteiger partial charge in [0.1, 0.15) is 0 Å². The van der Waals surface area contributed by atoms with E-state index in [1.807, 2.05) is 39.0 Å². The number of halogens is 1. The van der Waals surface area contributed by atoms with Crippen molar-refractivity contribution in [2.45, 2.75) is 32.7 Å². The van der Waals surface area contributed by atoms with E-state index >= 15 is 0 Å². The van der Waals surface area contributed by atoms with Crippen molar-refractivity contribution in [2.75, 3.05) is 0 Å². The molecule has 1 aromatic heterocycles. The van der Waals surface area contributed by atoms with E-state index in [0.717, 1.165) is 6.07 Å². The Morgan fingerprint density at radius 1 is 1.29 bits per heavy atom. The van der Waals surface area contributed by atoms with E-state index in [4.69, 9.17) is 0 Å². The summed E-state index contributed by atoms with van der Waals surface area (Å²) in [5.41, 5.74) is 2.22. The number of aromatic nitrogens is 1. The number of benzene rings is 1. The lowest BCUT2D eigenvalue weighted by molar-refractivity contribution is 0.0912. The average molecular weight is 286 g/mol. The molecule has 110 valence electrons. The molecule has 0 aliphatic carbocycles. The molecule has 0 saturated heterocycles. The van der Waals surface area contributed by atoms with Gasteiger partial charge in [-0.15, -0.1) is 0 Å². The fraction of sp³-hybridized carbons (Fsp3) is 0.294. The third-order valence-electron chi connectivity index (χ3n) is 3.33. The number of nitrogens with one attached hydrogen (secondary N) is 1. The van der Waals surface area contributed by atoms with Gasteiger partial charge in [0.2, 0.25) is 5.95 Å². The fourth-order valence-electron chi connectivity index (χ4n) is 2.25. The quantitative estimate of drug-likeness (QED) is 0.876. The van der Waals surface area contributed by atoms with Gasteiger partial charge in [-0.05, 0) is 44.4 Å². The first-order valence-electron chi connectivity index (χ1n) is 6.86. The van der Waals surface area contributed by atoms with Crippen LogP contribution in [0.25, 0.3) is 0 Å². The number of pyridine rings is 1.